The molecule has 0 radical (unpaired) electrons. The van der Waals surface area contributed by atoms with Crippen molar-refractivity contribution >= 4 is 17.9 Å². The molecule has 0 aliphatic carbocycles. The lowest BCUT2D eigenvalue weighted by molar-refractivity contribution is -0.167. The normalized spacial score (nSPS) is 13.0. The summed E-state index contributed by atoms with van der Waals surface area (Å²) in [5.41, 5.74) is 0. The minimum absolute atomic E-state index is 0.0896. The standard InChI is InChI=1S/C75H124O6/c1-4-7-10-13-16-19-22-25-27-28-29-30-31-32-33-34-35-36-37-38-39-40-41-42-43-44-45-46-48-50-53-56-59-62-65-68-74(77)80-71-72(70-79-73(76)67-64-61-58-55-52-49-24-21-18-15-12-9-6-3)81-75(78)69-66-63-60-57-54-51-47-26-23-20-17-14-11-8-5-2/h7,10,12,15-16,19,21,24-27,29-30,32-33,35-36,38-39,41-42,47,72H,4-6,8-9,11,13-14,17-18,20,22-23,28,31,34,37,40,43-46,48-71H2,1-3H3/b10-7-,15-12-,19-16-,24-21-,27-25-,30-29-,33-32-,36-35-,39-38-,42-41-,47-26-. The monoisotopic (exact) mass is 1120 g/mol. The van der Waals surface area contributed by atoms with E-state index in [0.717, 1.165) is 161 Å². The van der Waals surface area contributed by atoms with Gasteiger partial charge in [-0.2, -0.15) is 0 Å². The molecule has 0 saturated heterocycles. The summed E-state index contributed by atoms with van der Waals surface area (Å²) < 4.78 is 16.9. The lowest BCUT2D eigenvalue weighted by Gasteiger charge is -2.18. The fourth-order valence-electron chi connectivity index (χ4n) is 9.08. The summed E-state index contributed by atoms with van der Waals surface area (Å²) >= 11 is 0. The molecule has 1 atom stereocenters. The molecule has 0 saturated carbocycles. The Hall–Kier alpha value is -4.45. The Bertz CT molecular complexity index is 1720. The Morgan fingerprint density at radius 1 is 0.259 bits per heavy atom. The molecule has 0 amide bonds. The SMILES string of the molecule is CC/C=C\C/C=C\C/C=C\C/C=C\C/C=C\C/C=C\C/C=C\C/C=C\CCCCCCCCCCCCC(=O)OCC(COC(=O)CCCCCCC/C=C\C/C=C\CCC)OC(=O)CCCCCCC/C=C\CCCCCCCC. The number of rotatable bonds is 60. The van der Waals surface area contributed by atoms with Crippen LogP contribution in [-0.2, 0) is 28.6 Å². The van der Waals surface area contributed by atoms with E-state index in [1.807, 2.05) is 0 Å². The van der Waals surface area contributed by atoms with Crippen LogP contribution in [0.25, 0.3) is 0 Å². The zero-order chi connectivity index (χ0) is 58.5. The minimum Gasteiger partial charge on any atom is -0.462 e. The molecule has 0 heterocycles. The zero-order valence-corrected chi connectivity index (χ0v) is 52.8. The number of hydrogen-bond donors (Lipinski definition) is 0. The second-order valence-corrected chi connectivity index (χ2v) is 22.0. The van der Waals surface area contributed by atoms with Crippen molar-refractivity contribution in [2.24, 2.45) is 0 Å². The van der Waals surface area contributed by atoms with Gasteiger partial charge in [-0.1, -0.05) is 283 Å². The maximum atomic E-state index is 12.9. The molecule has 0 aromatic rings. The van der Waals surface area contributed by atoms with E-state index in [1.54, 1.807) is 0 Å². The molecule has 0 aromatic carbocycles. The van der Waals surface area contributed by atoms with E-state index in [0.29, 0.717) is 19.3 Å². The summed E-state index contributed by atoms with van der Waals surface area (Å²) in [6.07, 6.45) is 96.1. The molecule has 1 unspecified atom stereocenters. The summed E-state index contributed by atoms with van der Waals surface area (Å²) in [6, 6.07) is 0. The van der Waals surface area contributed by atoms with Crippen molar-refractivity contribution in [2.45, 2.75) is 309 Å². The highest BCUT2D eigenvalue weighted by Crippen LogP contribution is 2.15. The quantitative estimate of drug-likeness (QED) is 0.0261. The molecular weight excluding hydrogens is 997 g/mol. The lowest BCUT2D eigenvalue weighted by Crippen LogP contribution is -2.30. The molecule has 0 rings (SSSR count). The minimum atomic E-state index is -0.793. The highest BCUT2D eigenvalue weighted by molar-refractivity contribution is 5.71. The van der Waals surface area contributed by atoms with E-state index in [1.165, 1.54) is 103 Å². The van der Waals surface area contributed by atoms with Crippen LogP contribution in [0.4, 0.5) is 0 Å². The fraction of sp³-hybridized carbons (Fsp3) is 0.667. The van der Waals surface area contributed by atoms with Crippen LogP contribution < -0.4 is 0 Å². The van der Waals surface area contributed by atoms with Gasteiger partial charge in [0.15, 0.2) is 6.10 Å². The third kappa shape index (κ3) is 66.2. The van der Waals surface area contributed by atoms with Crippen molar-refractivity contribution in [3.63, 3.8) is 0 Å². The Morgan fingerprint density at radius 2 is 0.506 bits per heavy atom. The maximum Gasteiger partial charge on any atom is 0.306 e. The number of hydrogen-bond acceptors (Lipinski definition) is 6. The second-order valence-electron chi connectivity index (χ2n) is 22.0. The zero-order valence-electron chi connectivity index (χ0n) is 52.8. The van der Waals surface area contributed by atoms with Crippen LogP contribution in [0.2, 0.25) is 0 Å². The first-order valence-corrected chi connectivity index (χ1v) is 33.7. The first kappa shape index (κ1) is 76.5. The van der Waals surface area contributed by atoms with Gasteiger partial charge in [0.25, 0.3) is 0 Å². The molecule has 0 bridgehead atoms. The largest absolute Gasteiger partial charge is 0.462 e. The highest BCUT2D eigenvalue weighted by Gasteiger charge is 2.19. The van der Waals surface area contributed by atoms with Gasteiger partial charge in [-0.3, -0.25) is 14.4 Å². The van der Waals surface area contributed by atoms with Crippen LogP contribution >= 0.6 is 0 Å². The van der Waals surface area contributed by atoms with Gasteiger partial charge in [-0.25, -0.2) is 0 Å². The average Bonchev–Trinajstić information content (AvgIpc) is 3.46. The highest BCUT2D eigenvalue weighted by atomic mass is 16.6. The van der Waals surface area contributed by atoms with E-state index in [9.17, 15) is 14.4 Å². The third-order valence-corrected chi connectivity index (χ3v) is 14.1. The molecule has 6 nitrogen and oxygen atoms in total. The summed E-state index contributed by atoms with van der Waals surface area (Å²) in [5, 5.41) is 0. The molecule has 6 heteroatoms. The maximum absolute atomic E-state index is 12.9. The van der Waals surface area contributed by atoms with E-state index in [-0.39, 0.29) is 31.1 Å². The Balaban J connectivity index is 4.23. The fourth-order valence-corrected chi connectivity index (χ4v) is 9.08. The number of unbranched alkanes of at least 4 members (excludes halogenated alkanes) is 27. The number of allylic oxidation sites excluding steroid dienone is 22. The Kier molecular flexibility index (Phi) is 64.3. The molecule has 0 aliphatic rings. The van der Waals surface area contributed by atoms with Crippen LogP contribution in [0.3, 0.4) is 0 Å². The van der Waals surface area contributed by atoms with E-state index in [2.05, 4.69) is 154 Å². The predicted octanol–water partition coefficient (Wildman–Crippen LogP) is 23.3. The van der Waals surface area contributed by atoms with Crippen LogP contribution in [0.15, 0.2) is 134 Å². The molecule has 0 aromatic heterocycles. The molecule has 460 valence electrons. The van der Waals surface area contributed by atoms with Crippen molar-refractivity contribution in [2.75, 3.05) is 13.2 Å². The topological polar surface area (TPSA) is 78.9 Å². The van der Waals surface area contributed by atoms with E-state index >= 15 is 0 Å². The smallest absolute Gasteiger partial charge is 0.306 e. The van der Waals surface area contributed by atoms with Gasteiger partial charge in [0, 0.05) is 19.3 Å². The number of carbonyl (C=O) groups excluding carboxylic acids is 3. The Morgan fingerprint density at radius 3 is 0.815 bits per heavy atom. The molecule has 0 fully saturated rings. The molecular formula is C75H124O6. The predicted molar refractivity (Wildman–Crippen MR) is 353 cm³/mol. The molecule has 0 N–H and O–H groups in total. The van der Waals surface area contributed by atoms with Gasteiger partial charge in [-0.15, -0.1) is 0 Å². The van der Waals surface area contributed by atoms with E-state index < -0.39 is 6.10 Å². The van der Waals surface area contributed by atoms with E-state index in [4.69, 9.17) is 14.2 Å². The van der Waals surface area contributed by atoms with Crippen LogP contribution in [-0.4, -0.2) is 37.2 Å². The van der Waals surface area contributed by atoms with Crippen LogP contribution in [0.1, 0.15) is 303 Å². The summed E-state index contributed by atoms with van der Waals surface area (Å²) in [6.45, 7) is 6.44. The number of ether oxygens (including phenoxy) is 3. The summed E-state index contributed by atoms with van der Waals surface area (Å²) in [4.78, 5) is 38.3. The second kappa shape index (κ2) is 68.1. The van der Waals surface area contributed by atoms with Crippen LogP contribution in [0, 0.1) is 0 Å². The first-order valence-electron chi connectivity index (χ1n) is 33.7. The van der Waals surface area contributed by atoms with Crippen molar-refractivity contribution in [1.29, 1.82) is 0 Å². The lowest BCUT2D eigenvalue weighted by atomic mass is 10.1. The van der Waals surface area contributed by atoms with Crippen molar-refractivity contribution in [3.8, 4) is 0 Å². The summed E-state index contributed by atoms with van der Waals surface area (Å²) in [5.74, 6) is -0.912. The third-order valence-electron chi connectivity index (χ3n) is 14.1. The average molecular weight is 1120 g/mol. The van der Waals surface area contributed by atoms with Gasteiger partial charge < -0.3 is 14.2 Å². The van der Waals surface area contributed by atoms with Gasteiger partial charge >= 0.3 is 17.9 Å². The number of esters is 3. The molecule has 0 aliphatic heterocycles. The Labute approximate surface area is 500 Å². The first-order chi connectivity index (χ1) is 40.0. The van der Waals surface area contributed by atoms with Crippen molar-refractivity contribution in [3.05, 3.63) is 134 Å². The van der Waals surface area contributed by atoms with Crippen molar-refractivity contribution < 1.29 is 28.6 Å². The van der Waals surface area contributed by atoms with Gasteiger partial charge in [0.2, 0.25) is 0 Å². The molecule has 0 spiro atoms. The summed E-state index contributed by atoms with van der Waals surface area (Å²) in [7, 11) is 0. The van der Waals surface area contributed by atoms with Crippen LogP contribution in [0.5, 0.6) is 0 Å². The van der Waals surface area contributed by atoms with Gasteiger partial charge in [0.05, 0.1) is 0 Å². The van der Waals surface area contributed by atoms with Crippen molar-refractivity contribution in [1.82, 2.24) is 0 Å². The van der Waals surface area contributed by atoms with Gasteiger partial charge in [0.1, 0.15) is 13.2 Å². The number of carbonyl (C=O) groups is 3. The van der Waals surface area contributed by atoms with Gasteiger partial charge in [-0.05, 0) is 135 Å². The molecule has 81 heavy (non-hydrogen) atoms.